The number of nitrogens with one attached hydrogen (secondary N) is 1. The molecule has 4 N–H and O–H groups in total. The Morgan fingerprint density at radius 2 is 2.00 bits per heavy atom. The first-order valence-corrected chi connectivity index (χ1v) is 7.00. The summed E-state index contributed by atoms with van der Waals surface area (Å²) in [5.41, 5.74) is 5.53. The van der Waals surface area contributed by atoms with Crippen LogP contribution in [0.15, 0.2) is 0 Å². The number of hydrogen-bond donors (Lipinski definition) is 3. The lowest BCUT2D eigenvalue weighted by Crippen LogP contribution is -2.36. The van der Waals surface area contributed by atoms with E-state index in [1.165, 1.54) is 4.68 Å². The van der Waals surface area contributed by atoms with Crippen LogP contribution in [0.2, 0.25) is 0 Å². The smallest absolute Gasteiger partial charge is 0.358 e. The number of aromatic carboxylic acids is 1. The Hall–Kier alpha value is -1.96. The Labute approximate surface area is 123 Å². The van der Waals surface area contributed by atoms with Crippen LogP contribution in [0.5, 0.6) is 0 Å². The van der Waals surface area contributed by atoms with Gasteiger partial charge in [0.2, 0.25) is 5.91 Å². The minimum atomic E-state index is -1.20. The predicted molar refractivity (Wildman–Crippen MR) is 76.5 cm³/mol. The molecule has 8 nitrogen and oxygen atoms in total. The molecular weight excluding hydrogens is 274 g/mol. The van der Waals surface area contributed by atoms with Crippen molar-refractivity contribution in [2.45, 2.75) is 52.7 Å². The normalized spacial score (nSPS) is 12.4. The molecule has 1 atom stereocenters. The van der Waals surface area contributed by atoms with Crippen molar-refractivity contribution in [3.05, 3.63) is 11.4 Å². The van der Waals surface area contributed by atoms with Crippen molar-refractivity contribution in [3.8, 4) is 0 Å². The van der Waals surface area contributed by atoms with Gasteiger partial charge in [0.15, 0.2) is 5.69 Å². The van der Waals surface area contributed by atoms with E-state index >= 15 is 0 Å². The van der Waals surface area contributed by atoms with Gasteiger partial charge in [-0.3, -0.25) is 4.79 Å². The third-order valence-corrected chi connectivity index (χ3v) is 3.11. The zero-order chi connectivity index (χ0) is 16.0. The summed E-state index contributed by atoms with van der Waals surface area (Å²) in [6, 6.07) is 0.0590. The number of hydrogen-bond acceptors (Lipinski definition) is 5. The van der Waals surface area contributed by atoms with Crippen LogP contribution in [0.3, 0.4) is 0 Å². The zero-order valence-corrected chi connectivity index (χ0v) is 12.7. The molecule has 1 rings (SSSR count). The molecule has 1 unspecified atom stereocenters. The molecule has 1 heterocycles. The fourth-order valence-corrected chi connectivity index (χ4v) is 1.94. The van der Waals surface area contributed by atoms with E-state index in [9.17, 15) is 9.59 Å². The average Bonchev–Trinajstić information content (AvgIpc) is 2.78. The molecule has 118 valence electrons. The van der Waals surface area contributed by atoms with Gasteiger partial charge in [-0.25, -0.2) is 9.48 Å². The summed E-state index contributed by atoms with van der Waals surface area (Å²) < 4.78 is 1.23. The largest absolute Gasteiger partial charge is 0.476 e. The number of aromatic nitrogens is 3. The lowest BCUT2D eigenvalue weighted by Gasteiger charge is -2.15. The van der Waals surface area contributed by atoms with Gasteiger partial charge in [0, 0.05) is 12.6 Å². The first kappa shape index (κ1) is 17.1. The SMILES string of the molecule is CC(C)CCC(C)NC(=O)Cn1nnc(C(=O)O)c1CN. The van der Waals surface area contributed by atoms with Crippen molar-refractivity contribution < 1.29 is 14.7 Å². The van der Waals surface area contributed by atoms with Gasteiger partial charge in [0.05, 0.1) is 5.69 Å². The zero-order valence-electron chi connectivity index (χ0n) is 12.7. The van der Waals surface area contributed by atoms with Gasteiger partial charge < -0.3 is 16.2 Å². The average molecular weight is 297 g/mol. The molecule has 0 aromatic carbocycles. The molecule has 1 amide bonds. The number of rotatable bonds is 8. The summed E-state index contributed by atoms with van der Waals surface area (Å²) in [5, 5.41) is 19.0. The summed E-state index contributed by atoms with van der Waals surface area (Å²) >= 11 is 0. The van der Waals surface area contributed by atoms with Gasteiger partial charge in [0.1, 0.15) is 6.54 Å². The minimum Gasteiger partial charge on any atom is -0.476 e. The number of carbonyl (C=O) groups excluding carboxylic acids is 1. The van der Waals surface area contributed by atoms with E-state index in [0.717, 1.165) is 12.8 Å². The van der Waals surface area contributed by atoms with Crippen LogP contribution in [0.1, 0.15) is 49.8 Å². The van der Waals surface area contributed by atoms with Crippen LogP contribution in [-0.2, 0) is 17.9 Å². The quantitative estimate of drug-likeness (QED) is 0.637. The number of amides is 1. The second-order valence-corrected chi connectivity index (χ2v) is 5.49. The molecule has 0 saturated carbocycles. The van der Waals surface area contributed by atoms with E-state index in [-0.39, 0.29) is 36.4 Å². The molecule has 0 saturated heterocycles. The molecule has 1 aromatic heterocycles. The third kappa shape index (κ3) is 5.14. The molecule has 0 aliphatic carbocycles. The molecule has 0 fully saturated rings. The standard InChI is InChI=1S/C13H23N5O3/c1-8(2)4-5-9(3)15-11(19)7-18-10(6-14)12(13(20)21)16-17-18/h8-9H,4-7,14H2,1-3H3,(H,15,19)(H,20,21). The molecule has 0 aliphatic rings. The van der Waals surface area contributed by atoms with Crippen molar-refractivity contribution in [2.24, 2.45) is 11.7 Å². The number of nitrogens with zero attached hydrogens (tertiary/aromatic N) is 3. The van der Waals surface area contributed by atoms with Crippen molar-refractivity contribution in [2.75, 3.05) is 0 Å². The summed E-state index contributed by atoms with van der Waals surface area (Å²) in [6.07, 6.45) is 1.92. The van der Waals surface area contributed by atoms with Crippen molar-refractivity contribution in [1.82, 2.24) is 20.3 Å². The summed E-state index contributed by atoms with van der Waals surface area (Å²) in [7, 11) is 0. The molecular formula is C13H23N5O3. The Balaban J connectivity index is 2.61. The fraction of sp³-hybridized carbons (Fsp3) is 0.692. The van der Waals surface area contributed by atoms with Crippen LogP contribution in [0.25, 0.3) is 0 Å². The monoisotopic (exact) mass is 297 g/mol. The highest BCUT2D eigenvalue weighted by Gasteiger charge is 2.19. The van der Waals surface area contributed by atoms with Gasteiger partial charge in [0.25, 0.3) is 0 Å². The van der Waals surface area contributed by atoms with E-state index in [2.05, 4.69) is 29.5 Å². The van der Waals surface area contributed by atoms with Crippen LogP contribution >= 0.6 is 0 Å². The van der Waals surface area contributed by atoms with E-state index < -0.39 is 5.97 Å². The second kappa shape index (κ2) is 7.72. The first-order chi connectivity index (χ1) is 9.85. The molecule has 8 heteroatoms. The van der Waals surface area contributed by atoms with Crippen LogP contribution in [0, 0.1) is 5.92 Å². The predicted octanol–water partition coefficient (Wildman–Crippen LogP) is 0.376. The summed E-state index contributed by atoms with van der Waals surface area (Å²) in [5.74, 6) is -0.850. The van der Waals surface area contributed by atoms with Crippen molar-refractivity contribution >= 4 is 11.9 Å². The van der Waals surface area contributed by atoms with E-state index in [0.29, 0.717) is 5.92 Å². The number of nitrogens with two attached hydrogens (primary N) is 1. The maximum atomic E-state index is 11.9. The maximum Gasteiger partial charge on any atom is 0.358 e. The van der Waals surface area contributed by atoms with Gasteiger partial charge in [-0.15, -0.1) is 5.10 Å². The van der Waals surface area contributed by atoms with Gasteiger partial charge in [-0.05, 0) is 25.7 Å². The van der Waals surface area contributed by atoms with Gasteiger partial charge in [-0.2, -0.15) is 0 Å². The van der Waals surface area contributed by atoms with E-state index in [1.54, 1.807) is 0 Å². The molecule has 0 aliphatic heterocycles. The lowest BCUT2D eigenvalue weighted by molar-refractivity contribution is -0.122. The van der Waals surface area contributed by atoms with Crippen LogP contribution in [0.4, 0.5) is 0 Å². The van der Waals surface area contributed by atoms with E-state index in [1.807, 2.05) is 6.92 Å². The Kier molecular flexibility index (Phi) is 6.29. The van der Waals surface area contributed by atoms with Crippen LogP contribution in [-0.4, -0.2) is 38.0 Å². The van der Waals surface area contributed by atoms with Gasteiger partial charge >= 0.3 is 5.97 Å². The molecule has 1 aromatic rings. The van der Waals surface area contributed by atoms with Crippen molar-refractivity contribution in [1.29, 1.82) is 0 Å². The van der Waals surface area contributed by atoms with E-state index in [4.69, 9.17) is 10.8 Å². The minimum absolute atomic E-state index is 0.0369. The number of carboxylic acid groups (broad SMARTS) is 1. The lowest BCUT2D eigenvalue weighted by atomic mass is 10.0. The summed E-state index contributed by atoms with van der Waals surface area (Å²) in [4.78, 5) is 22.9. The first-order valence-electron chi connectivity index (χ1n) is 7.00. The van der Waals surface area contributed by atoms with Gasteiger partial charge in [-0.1, -0.05) is 19.1 Å². The molecule has 0 bridgehead atoms. The molecule has 21 heavy (non-hydrogen) atoms. The second-order valence-electron chi connectivity index (χ2n) is 5.49. The highest BCUT2D eigenvalue weighted by molar-refractivity contribution is 5.86. The molecule has 0 radical (unpaired) electrons. The highest BCUT2D eigenvalue weighted by Crippen LogP contribution is 2.07. The van der Waals surface area contributed by atoms with Crippen molar-refractivity contribution in [3.63, 3.8) is 0 Å². The topological polar surface area (TPSA) is 123 Å². The Morgan fingerprint density at radius 3 is 2.52 bits per heavy atom. The Bertz CT molecular complexity index is 498. The highest BCUT2D eigenvalue weighted by atomic mass is 16.4. The molecule has 0 spiro atoms. The van der Waals surface area contributed by atoms with Crippen LogP contribution < -0.4 is 11.1 Å². The fourth-order valence-electron chi connectivity index (χ4n) is 1.94. The number of carboxylic acids is 1. The maximum absolute atomic E-state index is 11.9. The summed E-state index contributed by atoms with van der Waals surface area (Å²) in [6.45, 7) is 6.08. The third-order valence-electron chi connectivity index (χ3n) is 3.11. The Morgan fingerprint density at radius 1 is 1.33 bits per heavy atom. The number of carbonyl (C=O) groups is 2.